The van der Waals surface area contributed by atoms with Crippen molar-refractivity contribution in [2.45, 2.75) is 185 Å². The van der Waals surface area contributed by atoms with Gasteiger partial charge >= 0.3 is 5.97 Å². The van der Waals surface area contributed by atoms with E-state index in [0.717, 1.165) is 6.07 Å². The van der Waals surface area contributed by atoms with Crippen LogP contribution >= 0.6 is 0 Å². The molecule has 0 unspecified atom stereocenters. The van der Waals surface area contributed by atoms with Gasteiger partial charge in [-0.3, -0.25) is 4.79 Å². The van der Waals surface area contributed by atoms with Crippen molar-refractivity contribution >= 4 is 5.97 Å². The van der Waals surface area contributed by atoms with Crippen molar-refractivity contribution in [3.8, 4) is 11.8 Å². The van der Waals surface area contributed by atoms with Crippen molar-refractivity contribution in [1.82, 2.24) is 10.2 Å². The summed E-state index contributed by atoms with van der Waals surface area (Å²) in [4.78, 5) is 16.3. The van der Waals surface area contributed by atoms with Crippen LogP contribution in [-0.2, 0) is 33.2 Å². The number of halogens is 1. The average molecular weight is 854 g/mol. The Morgan fingerprint density at radius 3 is 2.28 bits per heavy atom. The summed E-state index contributed by atoms with van der Waals surface area (Å²) in [5.74, 6) is -3.31. The summed E-state index contributed by atoms with van der Waals surface area (Å²) in [7, 11) is 5.09. The summed E-state index contributed by atoms with van der Waals surface area (Å²) >= 11 is 0. The van der Waals surface area contributed by atoms with E-state index in [1.54, 1.807) is 55.5 Å². The summed E-state index contributed by atoms with van der Waals surface area (Å²) in [6.07, 6.45) is -8.73. The highest BCUT2D eigenvalue weighted by Crippen LogP contribution is 2.40. The zero-order chi connectivity index (χ0) is 45.1. The van der Waals surface area contributed by atoms with Crippen LogP contribution in [0.25, 0.3) is 0 Å². The van der Waals surface area contributed by atoms with Gasteiger partial charge in [-0.25, -0.2) is 4.39 Å². The highest BCUT2D eigenvalue weighted by Gasteiger charge is 2.53. The molecule has 16 heteroatoms. The Bertz CT molecular complexity index is 1610. The van der Waals surface area contributed by atoms with E-state index in [-0.39, 0.29) is 48.6 Å². The largest absolute Gasteiger partial charge is 0.483 e. The van der Waals surface area contributed by atoms with Crippen LogP contribution in [0.4, 0.5) is 4.39 Å². The van der Waals surface area contributed by atoms with Gasteiger partial charge in [0.25, 0.3) is 0 Å². The summed E-state index contributed by atoms with van der Waals surface area (Å²) in [6, 6.07) is 4.80. The molecule has 0 aliphatic carbocycles. The molecule has 1 aromatic rings. The van der Waals surface area contributed by atoms with Crippen molar-refractivity contribution in [1.29, 1.82) is 5.26 Å². The maximum absolute atomic E-state index is 14.4. The van der Waals surface area contributed by atoms with Crippen molar-refractivity contribution in [2.24, 2.45) is 17.8 Å². The van der Waals surface area contributed by atoms with Crippen molar-refractivity contribution in [3.63, 3.8) is 0 Å². The van der Waals surface area contributed by atoms with Crippen molar-refractivity contribution < 1.29 is 62.8 Å². The zero-order valence-corrected chi connectivity index (χ0v) is 37.8. The number of carbonyl (C=O) groups excluding carboxylic acids is 1. The van der Waals surface area contributed by atoms with Gasteiger partial charge in [0.15, 0.2) is 18.7 Å². The van der Waals surface area contributed by atoms with E-state index in [4.69, 9.17) is 33.2 Å². The Balaban J connectivity index is 1.87. The van der Waals surface area contributed by atoms with Crippen LogP contribution in [0.3, 0.4) is 0 Å². The molecular formula is C44H72FN3O12. The number of nitriles is 1. The molecule has 60 heavy (non-hydrogen) atoms. The second-order valence-electron chi connectivity index (χ2n) is 18.4. The van der Waals surface area contributed by atoms with Crippen molar-refractivity contribution in [2.75, 3.05) is 27.7 Å². The Morgan fingerprint density at radius 1 is 1.02 bits per heavy atom. The normalized spacial score (nSPS) is 44.2. The van der Waals surface area contributed by atoms with E-state index >= 15 is 0 Å². The molecule has 4 rings (SSSR count). The number of hydrogen-bond donors (Lipinski definition) is 5. The Labute approximate surface area is 355 Å². The molecule has 0 spiro atoms. The predicted octanol–water partition coefficient (Wildman–Crippen LogP) is 3.66. The molecule has 5 N–H and O–H groups in total. The van der Waals surface area contributed by atoms with Gasteiger partial charge in [0.1, 0.15) is 41.5 Å². The van der Waals surface area contributed by atoms with Gasteiger partial charge in [-0.05, 0) is 99.9 Å². The van der Waals surface area contributed by atoms with E-state index in [2.05, 4.69) is 5.32 Å². The first-order valence-corrected chi connectivity index (χ1v) is 21.4. The molecule has 0 amide bonds. The van der Waals surface area contributed by atoms with Crippen LogP contribution < -0.4 is 10.1 Å². The minimum atomic E-state index is -1.84. The van der Waals surface area contributed by atoms with E-state index in [9.17, 15) is 34.9 Å². The van der Waals surface area contributed by atoms with Crippen LogP contribution in [0.2, 0.25) is 0 Å². The van der Waals surface area contributed by atoms with Gasteiger partial charge in [0.05, 0.1) is 53.1 Å². The smallest absolute Gasteiger partial charge is 0.311 e. The average Bonchev–Trinajstić information content (AvgIpc) is 3.19. The van der Waals surface area contributed by atoms with Crippen molar-refractivity contribution in [3.05, 3.63) is 29.6 Å². The van der Waals surface area contributed by atoms with Gasteiger partial charge < -0.3 is 63.8 Å². The number of hydrogen-bond acceptors (Lipinski definition) is 15. The number of benzene rings is 1. The monoisotopic (exact) mass is 854 g/mol. The molecule has 1 aromatic carbocycles. The van der Waals surface area contributed by atoms with E-state index < -0.39 is 102 Å². The molecule has 18 atom stereocenters. The number of nitrogens with one attached hydrogen (secondary N) is 1. The number of ether oxygens (including phenoxy) is 7. The molecule has 3 aliphatic rings. The Kier molecular flexibility index (Phi) is 17.0. The Morgan fingerprint density at radius 2 is 1.68 bits per heavy atom. The zero-order valence-electron chi connectivity index (χ0n) is 37.8. The quantitative estimate of drug-likeness (QED) is 0.225. The third-order valence-electron chi connectivity index (χ3n) is 13.2. The number of methoxy groups -OCH3 is 1. The number of rotatable bonds is 9. The number of nitrogens with zero attached hydrogens (tertiary/aromatic N) is 2. The molecule has 3 fully saturated rings. The minimum Gasteiger partial charge on any atom is -0.483 e. The molecule has 0 bridgehead atoms. The summed E-state index contributed by atoms with van der Waals surface area (Å²) in [6.45, 7) is 17.8. The number of aliphatic hydroxyl groups excluding tert-OH is 2. The number of cyclic esters (lactones) is 1. The molecule has 0 radical (unpaired) electrons. The van der Waals surface area contributed by atoms with Crippen LogP contribution in [-0.4, -0.2) is 149 Å². The minimum absolute atomic E-state index is 0.0903. The second kappa shape index (κ2) is 20.3. The van der Waals surface area contributed by atoms with E-state index in [1.165, 1.54) is 26.2 Å². The SMILES string of the molecule is CC[C@H]1OC(=O)[C@H](C)[C@@H](O[C@H]2C[C@@](C)(OC)[C@@H](O)[C@H](C)O2)[C@H](C)[C@@H](O[C@@H]2O[C@H](C)C[C@H](NC)[C@H]2Oc2ccc(F)c(C#N)c2)[C@](C)(O)C[C@@H](C)CN(C)[C@H](C)[C@@H](O)[C@]1(C)O. The fraction of sp³-hybridized carbons (Fsp3) is 0.818. The standard InChI is InChI=1S/C44H72FN3O12/c1-14-33-44(10,53)37(49)27(6)48(12)22-23(2)19-42(8,52)39(25(4)35(26(5)40(51)58-33)59-34-20-43(9,54-13)38(50)28(7)56-34)60-41-36(32(47-11)17-24(3)55-41)57-30-15-16-31(45)29(18-30)21-46/h15-16,18,23-28,32-39,41,47,49-50,52-53H,14,17,19-20,22H2,1-13H3/t23-,24-,25+,26-,27-,28+,32+,33-,34+,35+,36-,37-,38+,39-,41+,42-,43-,44-/m1/s1. The number of likely N-dealkylation sites (N-methyl/N-ethyl adjacent to an activating group) is 2. The van der Waals surface area contributed by atoms with Gasteiger partial charge in [0, 0.05) is 38.1 Å². The lowest BCUT2D eigenvalue weighted by molar-refractivity contribution is -0.314. The molecule has 0 aromatic heterocycles. The molecule has 0 saturated carbocycles. The first-order valence-electron chi connectivity index (χ1n) is 21.4. The summed E-state index contributed by atoms with van der Waals surface area (Å²) in [5.41, 5.74) is -4.75. The first kappa shape index (κ1) is 50.1. The summed E-state index contributed by atoms with van der Waals surface area (Å²) < 4.78 is 59.1. The predicted molar refractivity (Wildman–Crippen MR) is 219 cm³/mol. The lowest BCUT2D eigenvalue weighted by atomic mass is 9.77. The first-order chi connectivity index (χ1) is 27.9. The topological polar surface area (TPSA) is 202 Å². The lowest BCUT2D eigenvalue weighted by Gasteiger charge is -2.48. The maximum atomic E-state index is 14.4. The highest BCUT2D eigenvalue weighted by molar-refractivity contribution is 5.73. The van der Waals surface area contributed by atoms with Gasteiger partial charge in [-0.2, -0.15) is 5.26 Å². The van der Waals surface area contributed by atoms with Crippen LogP contribution in [0.5, 0.6) is 5.75 Å². The van der Waals surface area contributed by atoms with Crippen LogP contribution in [0, 0.1) is 34.9 Å². The van der Waals surface area contributed by atoms with Gasteiger partial charge in [0.2, 0.25) is 0 Å². The second-order valence-corrected chi connectivity index (χ2v) is 18.4. The molecule has 3 aliphatic heterocycles. The molecule has 15 nitrogen and oxygen atoms in total. The summed E-state index contributed by atoms with van der Waals surface area (Å²) in [5, 5.41) is 60.1. The Hall–Kier alpha value is -2.53. The fourth-order valence-corrected chi connectivity index (χ4v) is 9.48. The van der Waals surface area contributed by atoms with Crippen LogP contribution in [0.15, 0.2) is 18.2 Å². The number of aliphatic hydroxyl groups is 4. The van der Waals surface area contributed by atoms with Gasteiger partial charge in [-0.1, -0.05) is 20.8 Å². The molecule has 3 heterocycles. The number of carbonyl (C=O) groups is 1. The van der Waals surface area contributed by atoms with Crippen LogP contribution in [0.1, 0.15) is 100 Å². The molecule has 342 valence electrons. The highest BCUT2D eigenvalue weighted by atomic mass is 19.1. The molecule has 3 saturated heterocycles. The molecular weight excluding hydrogens is 781 g/mol. The third kappa shape index (κ3) is 11.2. The fourth-order valence-electron chi connectivity index (χ4n) is 9.48. The van der Waals surface area contributed by atoms with E-state index in [1.807, 2.05) is 31.9 Å². The number of esters is 1. The maximum Gasteiger partial charge on any atom is 0.311 e. The third-order valence-corrected chi connectivity index (χ3v) is 13.2. The van der Waals surface area contributed by atoms with Gasteiger partial charge in [-0.15, -0.1) is 0 Å². The van der Waals surface area contributed by atoms with E-state index in [0.29, 0.717) is 13.0 Å². The lowest BCUT2D eigenvalue weighted by Crippen LogP contribution is -2.61.